The lowest BCUT2D eigenvalue weighted by Crippen LogP contribution is -2.40. The second-order valence-corrected chi connectivity index (χ2v) is 7.04. The van der Waals surface area contributed by atoms with E-state index in [1.807, 2.05) is 16.7 Å². The van der Waals surface area contributed by atoms with Gasteiger partial charge in [-0.05, 0) is 17.7 Å². The highest BCUT2D eigenvalue weighted by Gasteiger charge is 2.34. The van der Waals surface area contributed by atoms with E-state index in [1.165, 1.54) is 6.07 Å². The van der Waals surface area contributed by atoms with Crippen LogP contribution in [0.25, 0.3) is 0 Å². The first-order valence-corrected chi connectivity index (χ1v) is 7.47. The van der Waals surface area contributed by atoms with Crippen molar-refractivity contribution in [2.24, 2.45) is 0 Å². The molecule has 2 rings (SSSR count). The molecule has 1 heterocycles. The van der Waals surface area contributed by atoms with E-state index in [2.05, 4.69) is 13.8 Å². The number of benzene rings is 1. The predicted molar refractivity (Wildman–Crippen MR) is 76.1 cm³/mol. The van der Waals surface area contributed by atoms with Crippen LogP contribution in [0.1, 0.15) is 25.0 Å². The summed E-state index contributed by atoms with van der Waals surface area (Å²) in [7, 11) is 0. The zero-order valence-corrected chi connectivity index (χ0v) is 12.3. The van der Waals surface area contributed by atoms with Gasteiger partial charge in [-0.1, -0.05) is 19.9 Å². The molecule has 1 aromatic carbocycles. The average Bonchev–Trinajstić information content (AvgIpc) is 2.35. The van der Waals surface area contributed by atoms with Gasteiger partial charge in [0.1, 0.15) is 0 Å². The molecule has 0 aromatic heterocycles. The number of aliphatic hydroxyl groups is 1. The van der Waals surface area contributed by atoms with Crippen molar-refractivity contribution < 1.29 is 18.3 Å². The second kappa shape index (κ2) is 5.85. The molecule has 112 valence electrons. The molecule has 0 radical (unpaired) electrons. The Bertz CT molecular complexity index is 468. The molecule has 1 aliphatic rings. The van der Waals surface area contributed by atoms with Crippen LogP contribution in [0.3, 0.4) is 0 Å². The zero-order chi connectivity index (χ0) is 14.9. The van der Waals surface area contributed by atoms with Gasteiger partial charge in [-0.3, -0.25) is 0 Å². The Morgan fingerprint density at radius 3 is 2.35 bits per heavy atom. The molecule has 0 bridgehead atoms. The van der Waals surface area contributed by atoms with E-state index < -0.39 is 18.3 Å². The Kier molecular flexibility index (Phi) is 4.54. The number of hydrogen-bond donors (Lipinski definition) is 1. The number of halogens is 3. The minimum absolute atomic E-state index is 0.0752. The Balaban J connectivity index is 2.33. The lowest BCUT2D eigenvalue weighted by atomic mass is 10.1. The molecule has 20 heavy (non-hydrogen) atoms. The SMILES string of the molecule is CC1CN(c2ccc(CO)c(C(F)(F)F)c2)CC(C)S1. The van der Waals surface area contributed by atoms with Gasteiger partial charge in [-0.2, -0.15) is 24.9 Å². The second-order valence-electron chi connectivity index (χ2n) is 5.16. The summed E-state index contributed by atoms with van der Waals surface area (Å²) in [6.45, 7) is 5.05. The standard InChI is InChI=1S/C14H18F3NOS/c1-9-6-18(7-10(2)20-9)12-4-3-11(8-19)13(5-12)14(15,16)17/h3-5,9-10,19H,6-8H2,1-2H3. The summed E-state index contributed by atoms with van der Waals surface area (Å²) in [6.07, 6.45) is -4.43. The van der Waals surface area contributed by atoms with Crippen LogP contribution in [0.5, 0.6) is 0 Å². The molecule has 0 amide bonds. The molecule has 1 aliphatic heterocycles. The van der Waals surface area contributed by atoms with Gasteiger partial charge in [-0.25, -0.2) is 0 Å². The van der Waals surface area contributed by atoms with Crippen molar-refractivity contribution in [1.29, 1.82) is 0 Å². The Hall–Kier alpha value is -0.880. The fraction of sp³-hybridized carbons (Fsp3) is 0.571. The summed E-state index contributed by atoms with van der Waals surface area (Å²) >= 11 is 1.85. The Morgan fingerprint density at radius 1 is 1.25 bits per heavy atom. The van der Waals surface area contributed by atoms with Crippen molar-refractivity contribution in [3.63, 3.8) is 0 Å². The van der Waals surface area contributed by atoms with Crippen LogP contribution in [0.4, 0.5) is 18.9 Å². The third-order valence-corrected chi connectivity index (χ3v) is 4.58. The summed E-state index contributed by atoms with van der Waals surface area (Å²) in [6, 6.07) is 4.19. The molecule has 0 spiro atoms. The maximum Gasteiger partial charge on any atom is 0.416 e. The highest BCUT2D eigenvalue weighted by molar-refractivity contribution is 8.00. The van der Waals surface area contributed by atoms with Crippen molar-refractivity contribution in [3.8, 4) is 0 Å². The number of anilines is 1. The molecule has 1 fully saturated rings. The van der Waals surface area contributed by atoms with Crippen LogP contribution in [-0.2, 0) is 12.8 Å². The van der Waals surface area contributed by atoms with E-state index in [0.717, 1.165) is 19.2 Å². The number of hydrogen-bond acceptors (Lipinski definition) is 3. The molecule has 1 saturated heterocycles. The smallest absolute Gasteiger partial charge is 0.392 e. The minimum atomic E-state index is -4.43. The summed E-state index contributed by atoms with van der Waals surface area (Å²) < 4.78 is 39.0. The minimum Gasteiger partial charge on any atom is -0.392 e. The number of rotatable bonds is 2. The van der Waals surface area contributed by atoms with Gasteiger partial charge >= 0.3 is 6.18 Å². The van der Waals surface area contributed by atoms with E-state index in [-0.39, 0.29) is 5.56 Å². The van der Waals surface area contributed by atoms with Crippen LogP contribution >= 0.6 is 11.8 Å². The van der Waals surface area contributed by atoms with Crippen LogP contribution < -0.4 is 4.90 Å². The van der Waals surface area contributed by atoms with Crippen LogP contribution in [0, 0.1) is 0 Å². The monoisotopic (exact) mass is 305 g/mol. The quantitative estimate of drug-likeness (QED) is 0.904. The maximum absolute atomic E-state index is 13.0. The number of nitrogens with zero attached hydrogens (tertiary/aromatic N) is 1. The van der Waals surface area contributed by atoms with E-state index in [9.17, 15) is 13.2 Å². The lowest BCUT2D eigenvalue weighted by Gasteiger charge is -2.36. The van der Waals surface area contributed by atoms with Gasteiger partial charge in [0.15, 0.2) is 0 Å². The van der Waals surface area contributed by atoms with Gasteiger partial charge in [0.2, 0.25) is 0 Å². The highest BCUT2D eigenvalue weighted by atomic mass is 32.2. The van der Waals surface area contributed by atoms with Crippen LogP contribution in [0.2, 0.25) is 0 Å². The first-order chi connectivity index (χ1) is 9.31. The normalized spacial score (nSPS) is 24.0. The van der Waals surface area contributed by atoms with Crippen molar-refractivity contribution in [1.82, 2.24) is 0 Å². The Morgan fingerprint density at radius 2 is 1.85 bits per heavy atom. The molecular weight excluding hydrogens is 287 g/mol. The average molecular weight is 305 g/mol. The summed E-state index contributed by atoms with van der Waals surface area (Å²) in [5, 5.41) is 9.84. The van der Waals surface area contributed by atoms with Crippen molar-refractivity contribution in [2.75, 3.05) is 18.0 Å². The zero-order valence-electron chi connectivity index (χ0n) is 11.4. The summed E-state index contributed by atoms with van der Waals surface area (Å²) in [5.41, 5.74) is -0.238. The number of alkyl halides is 3. The third kappa shape index (κ3) is 3.41. The van der Waals surface area contributed by atoms with Gasteiger partial charge < -0.3 is 10.0 Å². The van der Waals surface area contributed by atoms with Gasteiger partial charge in [0.25, 0.3) is 0 Å². The van der Waals surface area contributed by atoms with Crippen LogP contribution in [0.15, 0.2) is 18.2 Å². The van der Waals surface area contributed by atoms with Crippen molar-refractivity contribution >= 4 is 17.4 Å². The molecule has 0 aliphatic carbocycles. The van der Waals surface area contributed by atoms with E-state index in [4.69, 9.17) is 5.11 Å². The molecular formula is C14H18F3NOS. The van der Waals surface area contributed by atoms with Crippen molar-refractivity contribution in [2.45, 2.75) is 37.1 Å². The summed E-state index contributed by atoms with van der Waals surface area (Å²) in [5.74, 6) is 0. The van der Waals surface area contributed by atoms with Crippen LogP contribution in [-0.4, -0.2) is 28.7 Å². The largest absolute Gasteiger partial charge is 0.416 e. The van der Waals surface area contributed by atoms with Gasteiger partial charge in [0, 0.05) is 29.3 Å². The molecule has 1 N–H and O–H groups in total. The molecule has 6 heteroatoms. The predicted octanol–water partition coefficient (Wildman–Crippen LogP) is 3.53. The topological polar surface area (TPSA) is 23.5 Å². The third-order valence-electron chi connectivity index (χ3n) is 3.35. The summed E-state index contributed by atoms with van der Waals surface area (Å²) in [4.78, 5) is 1.99. The van der Waals surface area contributed by atoms with Gasteiger partial charge in [-0.15, -0.1) is 0 Å². The fourth-order valence-corrected chi connectivity index (χ4v) is 3.88. The number of aliphatic hydroxyl groups excluding tert-OH is 1. The lowest BCUT2D eigenvalue weighted by molar-refractivity contribution is -0.138. The van der Waals surface area contributed by atoms with E-state index >= 15 is 0 Å². The molecule has 2 unspecified atom stereocenters. The number of thioether (sulfide) groups is 1. The molecule has 0 saturated carbocycles. The van der Waals surface area contributed by atoms with Gasteiger partial charge in [0.05, 0.1) is 12.2 Å². The molecule has 2 nitrogen and oxygen atoms in total. The van der Waals surface area contributed by atoms with E-state index in [1.54, 1.807) is 6.07 Å². The first kappa shape index (κ1) is 15.5. The fourth-order valence-electron chi connectivity index (χ4n) is 2.55. The molecule has 2 atom stereocenters. The molecule has 1 aromatic rings. The van der Waals surface area contributed by atoms with E-state index in [0.29, 0.717) is 16.2 Å². The highest BCUT2D eigenvalue weighted by Crippen LogP contribution is 2.36. The Labute approximate surface area is 121 Å². The maximum atomic E-state index is 13.0. The van der Waals surface area contributed by atoms with Crippen molar-refractivity contribution in [3.05, 3.63) is 29.3 Å². The first-order valence-electron chi connectivity index (χ1n) is 6.52.